The standard InChI is InChI=1S/C12H8BrNO3/c13-8-2-1-3-9(6-8)17-11-4-5-14-7-10(11)12(15)16/h1-7H,(H,15,16). The fourth-order valence-electron chi connectivity index (χ4n) is 1.29. The first-order chi connectivity index (χ1) is 8.16. The maximum atomic E-state index is 10.9. The molecule has 0 fully saturated rings. The van der Waals surface area contributed by atoms with Crippen LogP contribution in [0.15, 0.2) is 47.2 Å². The van der Waals surface area contributed by atoms with E-state index >= 15 is 0 Å². The molecule has 2 aromatic rings. The Balaban J connectivity index is 2.33. The lowest BCUT2D eigenvalue weighted by molar-refractivity contribution is 0.0693. The van der Waals surface area contributed by atoms with Gasteiger partial charge in [0.15, 0.2) is 0 Å². The van der Waals surface area contributed by atoms with E-state index in [1.54, 1.807) is 18.2 Å². The van der Waals surface area contributed by atoms with E-state index in [9.17, 15) is 4.79 Å². The average Bonchev–Trinajstić information content (AvgIpc) is 2.29. The zero-order chi connectivity index (χ0) is 12.3. The lowest BCUT2D eigenvalue weighted by atomic mass is 10.2. The highest BCUT2D eigenvalue weighted by Crippen LogP contribution is 2.26. The summed E-state index contributed by atoms with van der Waals surface area (Å²) in [5.74, 6) is -0.234. The van der Waals surface area contributed by atoms with Gasteiger partial charge in [-0.25, -0.2) is 4.79 Å². The lowest BCUT2D eigenvalue weighted by Crippen LogP contribution is -2.00. The minimum absolute atomic E-state index is 0.0347. The van der Waals surface area contributed by atoms with Crippen molar-refractivity contribution in [3.8, 4) is 11.5 Å². The van der Waals surface area contributed by atoms with Gasteiger partial charge in [0.2, 0.25) is 0 Å². The predicted molar refractivity (Wildman–Crippen MR) is 65.4 cm³/mol. The van der Waals surface area contributed by atoms with Crippen molar-refractivity contribution in [2.24, 2.45) is 0 Å². The Bertz CT molecular complexity index is 557. The maximum absolute atomic E-state index is 10.9. The second-order valence-electron chi connectivity index (χ2n) is 3.24. The third-order valence-electron chi connectivity index (χ3n) is 2.04. The van der Waals surface area contributed by atoms with E-state index in [0.29, 0.717) is 5.75 Å². The molecule has 4 nitrogen and oxygen atoms in total. The first-order valence-corrected chi connectivity index (χ1v) is 5.57. The Hall–Kier alpha value is -1.88. The van der Waals surface area contributed by atoms with E-state index in [-0.39, 0.29) is 11.3 Å². The van der Waals surface area contributed by atoms with Gasteiger partial charge in [-0.05, 0) is 18.2 Å². The molecule has 0 amide bonds. The van der Waals surface area contributed by atoms with Crippen LogP contribution in [-0.2, 0) is 0 Å². The van der Waals surface area contributed by atoms with E-state index in [1.165, 1.54) is 18.5 Å². The molecule has 0 unspecified atom stereocenters. The predicted octanol–water partition coefficient (Wildman–Crippen LogP) is 3.33. The molecule has 1 N–H and O–H groups in total. The molecule has 0 aliphatic carbocycles. The van der Waals surface area contributed by atoms with Gasteiger partial charge in [0.25, 0.3) is 0 Å². The quantitative estimate of drug-likeness (QED) is 0.943. The molecule has 0 spiro atoms. The van der Waals surface area contributed by atoms with Gasteiger partial charge in [0.1, 0.15) is 17.1 Å². The number of carboxylic acid groups (broad SMARTS) is 1. The highest BCUT2D eigenvalue weighted by molar-refractivity contribution is 9.10. The number of benzene rings is 1. The molecular weight excluding hydrogens is 286 g/mol. The van der Waals surface area contributed by atoms with Gasteiger partial charge in [-0.15, -0.1) is 0 Å². The van der Waals surface area contributed by atoms with Crippen molar-refractivity contribution < 1.29 is 14.6 Å². The SMILES string of the molecule is O=C(O)c1cnccc1Oc1cccc(Br)c1. The minimum Gasteiger partial charge on any atom is -0.477 e. The third-order valence-corrected chi connectivity index (χ3v) is 2.53. The number of hydrogen-bond donors (Lipinski definition) is 1. The smallest absolute Gasteiger partial charge is 0.341 e. The van der Waals surface area contributed by atoms with Crippen molar-refractivity contribution in [2.45, 2.75) is 0 Å². The molecule has 0 atom stereocenters. The van der Waals surface area contributed by atoms with Gasteiger partial charge in [-0.1, -0.05) is 22.0 Å². The highest BCUT2D eigenvalue weighted by atomic mass is 79.9. The van der Waals surface area contributed by atoms with Crippen LogP contribution in [-0.4, -0.2) is 16.1 Å². The second kappa shape index (κ2) is 4.97. The normalized spacial score (nSPS) is 9.94. The Morgan fingerprint density at radius 1 is 1.35 bits per heavy atom. The second-order valence-corrected chi connectivity index (χ2v) is 4.15. The monoisotopic (exact) mass is 293 g/mol. The minimum atomic E-state index is -1.07. The molecule has 0 aliphatic rings. The number of carboxylic acids is 1. The molecule has 1 aromatic heterocycles. The summed E-state index contributed by atoms with van der Waals surface area (Å²) in [4.78, 5) is 14.7. The Labute approximate surface area is 106 Å². The van der Waals surface area contributed by atoms with Crippen molar-refractivity contribution in [3.05, 3.63) is 52.8 Å². The molecule has 5 heteroatoms. The van der Waals surface area contributed by atoms with E-state index in [2.05, 4.69) is 20.9 Å². The van der Waals surface area contributed by atoms with Crippen LogP contribution in [0, 0.1) is 0 Å². The number of rotatable bonds is 3. The fraction of sp³-hybridized carbons (Fsp3) is 0. The van der Waals surface area contributed by atoms with Crippen LogP contribution in [0.5, 0.6) is 11.5 Å². The Morgan fingerprint density at radius 3 is 2.88 bits per heavy atom. The zero-order valence-corrected chi connectivity index (χ0v) is 10.2. The average molecular weight is 294 g/mol. The molecule has 86 valence electrons. The van der Waals surface area contributed by atoms with Crippen LogP contribution < -0.4 is 4.74 Å². The summed E-state index contributed by atoms with van der Waals surface area (Å²) < 4.78 is 6.36. The number of ether oxygens (including phenoxy) is 1. The Morgan fingerprint density at radius 2 is 2.18 bits per heavy atom. The number of hydrogen-bond acceptors (Lipinski definition) is 3. The molecule has 0 saturated heterocycles. The summed E-state index contributed by atoms with van der Waals surface area (Å²) in [7, 11) is 0. The molecule has 1 aromatic carbocycles. The van der Waals surface area contributed by atoms with Crippen molar-refractivity contribution >= 4 is 21.9 Å². The highest BCUT2D eigenvalue weighted by Gasteiger charge is 2.11. The van der Waals surface area contributed by atoms with Crippen LogP contribution in [0.2, 0.25) is 0 Å². The first kappa shape index (κ1) is 11.6. The summed E-state index contributed by atoms with van der Waals surface area (Å²) in [5.41, 5.74) is 0.0347. The molecule has 17 heavy (non-hydrogen) atoms. The number of carbonyl (C=O) groups is 1. The Kier molecular flexibility index (Phi) is 3.39. The molecule has 0 saturated carbocycles. The molecule has 0 bridgehead atoms. The molecule has 1 heterocycles. The van der Waals surface area contributed by atoms with E-state index in [1.807, 2.05) is 6.07 Å². The lowest BCUT2D eigenvalue weighted by Gasteiger charge is -2.08. The van der Waals surface area contributed by atoms with Crippen molar-refractivity contribution in [1.29, 1.82) is 0 Å². The van der Waals surface area contributed by atoms with Crippen LogP contribution in [0.3, 0.4) is 0 Å². The van der Waals surface area contributed by atoms with Crippen molar-refractivity contribution in [1.82, 2.24) is 4.98 Å². The number of halogens is 1. The number of aromatic nitrogens is 1. The molecule has 2 rings (SSSR count). The van der Waals surface area contributed by atoms with E-state index < -0.39 is 5.97 Å². The summed E-state index contributed by atoms with van der Waals surface area (Å²) in [6, 6.07) is 8.69. The summed E-state index contributed by atoms with van der Waals surface area (Å²) in [5, 5.41) is 8.97. The summed E-state index contributed by atoms with van der Waals surface area (Å²) in [6.07, 6.45) is 2.75. The van der Waals surface area contributed by atoms with Gasteiger partial charge in [0.05, 0.1) is 0 Å². The van der Waals surface area contributed by atoms with E-state index in [0.717, 1.165) is 4.47 Å². The molecule has 0 radical (unpaired) electrons. The van der Waals surface area contributed by atoms with Crippen molar-refractivity contribution in [3.63, 3.8) is 0 Å². The number of aromatic carboxylic acids is 1. The van der Waals surface area contributed by atoms with Crippen LogP contribution in [0.25, 0.3) is 0 Å². The summed E-state index contributed by atoms with van der Waals surface area (Å²) >= 11 is 3.31. The third kappa shape index (κ3) is 2.82. The van der Waals surface area contributed by atoms with Crippen molar-refractivity contribution in [2.75, 3.05) is 0 Å². The van der Waals surface area contributed by atoms with Gasteiger partial charge in [0, 0.05) is 22.9 Å². The molecular formula is C12H8BrNO3. The topological polar surface area (TPSA) is 59.4 Å². The van der Waals surface area contributed by atoms with Gasteiger partial charge >= 0.3 is 5.97 Å². The summed E-state index contributed by atoms with van der Waals surface area (Å²) in [6.45, 7) is 0. The largest absolute Gasteiger partial charge is 0.477 e. The van der Waals surface area contributed by atoms with Crippen LogP contribution in [0.1, 0.15) is 10.4 Å². The van der Waals surface area contributed by atoms with Gasteiger partial charge in [-0.3, -0.25) is 4.98 Å². The zero-order valence-electron chi connectivity index (χ0n) is 8.63. The molecule has 0 aliphatic heterocycles. The van der Waals surface area contributed by atoms with E-state index in [4.69, 9.17) is 9.84 Å². The first-order valence-electron chi connectivity index (χ1n) is 4.77. The van der Waals surface area contributed by atoms with Gasteiger partial charge < -0.3 is 9.84 Å². The maximum Gasteiger partial charge on any atom is 0.341 e. The van der Waals surface area contributed by atoms with Crippen LogP contribution in [0.4, 0.5) is 0 Å². The van der Waals surface area contributed by atoms with Crippen LogP contribution >= 0.6 is 15.9 Å². The number of pyridine rings is 1. The van der Waals surface area contributed by atoms with Gasteiger partial charge in [-0.2, -0.15) is 0 Å². The number of nitrogens with zero attached hydrogens (tertiary/aromatic N) is 1. The fourth-order valence-corrected chi connectivity index (χ4v) is 1.67.